The van der Waals surface area contributed by atoms with Gasteiger partial charge >= 0.3 is 0 Å². The standard InChI is InChI=1S/C14H22N2O4S/c1-21(18,19)16-9-3-5-12(11-16)14(17)15-8-2-6-13-7-4-10-20-13/h4,7,10,12H,2-3,5-6,8-9,11H2,1H3,(H,15,17)/t12-/m0/s1. The molecule has 7 heteroatoms. The first-order chi connectivity index (χ1) is 9.97. The van der Waals surface area contributed by atoms with Crippen LogP contribution in [0.3, 0.4) is 0 Å². The average Bonchev–Trinajstić information content (AvgIpc) is 2.96. The molecule has 0 saturated carbocycles. The molecule has 0 radical (unpaired) electrons. The molecule has 2 rings (SSSR count). The normalized spacial score (nSPS) is 20.3. The van der Waals surface area contributed by atoms with Crippen LogP contribution < -0.4 is 5.32 Å². The first-order valence-corrected chi connectivity index (χ1v) is 9.07. The van der Waals surface area contributed by atoms with Gasteiger partial charge in [0.1, 0.15) is 5.76 Å². The second-order valence-corrected chi connectivity index (χ2v) is 7.42. The third-order valence-electron chi connectivity index (χ3n) is 3.70. The number of carbonyl (C=O) groups is 1. The number of carbonyl (C=O) groups excluding carboxylic acids is 1. The van der Waals surface area contributed by atoms with E-state index >= 15 is 0 Å². The minimum Gasteiger partial charge on any atom is -0.469 e. The van der Waals surface area contributed by atoms with Crippen LogP contribution in [-0.4, -0.2) is 44.5 Å². The van der Waals surface area contributed by atoms with Gasteiger partial charge in [-0.25, -0.2) is 12.7 Å². The second-order valence-electron chi connectivity index (χ2n) is 5.43. The van der Waals surface area contributed by atoms with Gasteiger partial charge in [-0.1, -0.05) is 0 Å². The van der Waals surface area contributed by atoms with Crippen molar-refractivity contribution in [2.75, 3.05) is 25.9 Å². The van der Waals surface area contributed by atoms with E-state index in [9.17, 15) is 13.2 Å². The Morgan fingerprint density at radius 3 is 3.00 bits per heavy atom. The number of sulfonamides is 1. The van der Waals surface area contributed by atoms with E-state index in [1.165, 1.54) is 10.6 Å². The highest BCUT2D eigenvalue weighted by Gasteiger charge is 2.29. The topological polar surface area (TPSA) is 79.6 Å². The number of rotatable bonds is 6. The monoisotopic (exact) mass is 314 g/mol. The zero-order chi connectivity index (χ0) is 15.3. The van der Waals surface area contributed by atoms with Gasteiger partial charge in [0.2, 0.25) is 15.9 Å². The largest absolute Gasteiger partial charge is 0.469 e. The maximum Gasteiger partial charge on any atom is 0.224 e. The Morgan fingerprint density at radius 1 is 1.52 bits per heavy atom. The molecule has 1 fully saturated rings. The van der Waals surface area contributed by atoms with Crippen molar-refractivity contribution in [3.8, 4) is 0 Å². The Kier molecular flexibility index (Phi) is 5.41. The van der Waals surface area contributed by atoms with Crippen molar-refractivity contribution >= 4 is 15.9 Å². The van der Waals surface area contributed by atoms with Crippen LogP contribution in [0.25, 0.3) is 0 Å². The molecule has 0 bridgehead atoms. The number of piperidine rings is 1. The van der Waals surface area contributed by atoms with E-state index in [0.29, 0.717) is 19.6 Å². The third-order valence-corrected chi connectivity index (χ3v) is 4.97. The van der Waals surface area contributed by atoms with Crippen LogP contribution in [-0.2, 0) is 21.2 Å². The Balaban J connectivity index is 1.72. The highest BCUT2D eigenvalue weighted by molar-refractivity contribution is 7.88. The fourth-order valence-electron chi connectivity index (χ4n) is 2.53. The van der Waals surface area contributed by atoms with Gasteiger partial charge in [-0.2, -0.15) is 0 Å². The number of amides is 1. The van der Waals surface area contributed by atoms with E-state index in [0.717, 1.165) is 31.4 Å². The van der Waals surface area contributed by atoms with Crippen LogP contribution in [0.15, 0.2) is 22.8 Å². The lowest BCUT2D eigenvalue weighted by Crippen LogP contribution is -2.45. The Bertz CT molecular complexity index is 554. The summed E-state index contributed by atoms with van der Waals surface area (Å²) in [5, 5.41) is 2.88. The van der Waals surface area contributed by atoms with Crippen LogP contribution >= 0.6 is 0 Å². The molecular weight excluding hydrogens is 292 g/mol. The van der Waals surface area contributed by atoms with E-state index in [-0.39, 0.29) is 11.8 Å². The lowest BCUT2D eigenvalue weighted by molar-refractivity contribution is -0.126. The first-order valence-electron chi connectivity index (χ1n) is 7.22. The zero-order valence-corrected chi connectivity index (χ0v) is 13.1. The van der Waals surface area contributed by atoms with E-state index in [1.54, 1.807) is 6.26 Å². The number of nitrogens with zero attached hydrogens (tertiary/aromatic N) is 1. The fourth-order valence-corrected chi connectivity index (χ4v) is 3.44. The van der Waals surface area contributed by atoms with Crippen LogP contribution in [0.4, 0.5) is 0 Å². The molecule has 118 valence electrons. The van der Waals surface area contributed by atoms with Gasteiger partial charge in [-0.05, 0) is 31.4 Å². The van der Waals surface area contributed by atoms with E-state index in [2.05, 4.69) is 5.32 Å². The molecule has 1 aromatic rings. The maximum absolute atomic E-state index is 12.1. The van der Waals surface area contributed by atoms with Crippen LogP contribution in [0.5, 0.6) is 0 Å². The molecule has 21 heavy (non-hydrogen) atoms. The number of hydrogen-bond donors (Lipinski definition) is 1. The van der Waals surface area contributed by atoms with Gasteiger partial charge in [0.15, 0.2) is 0 Å². The lowest BCUT2D eigenvalue weighted by Gasteiger charge is -2.30. The SMILES string of the molecule is CS(=O)(=O)N1CCC[C@H](C(=O)NCCCc2ccco2)C1. The number of aryl methyl sites for hydroxylation is 1. The van der Waals surface area contributed by atoms with Crippen molar-refractivity contribution in [3.05, 3.63) is 24.2 Å². The average molecular weight is 314 g/mol. The first kappa shape index (κ1) is 16.0. The summed E-state index contributed by atoms with van der Waals surface area (Å²) < 4.78 is 29.7. The molecule has 1 saturated heterocycles. The molecule has 0 aliphatic carbocycles. The number of nitrogens with one attached hydrogen (secondary N) is 1. The minimum absolute atomic E-state index is 0.0530. The second kappa shape index (κ2) is 7.09. The van der Waals surface area contributed by atoms with Gasteiger partial charge < -0.3 is 9.73 Å². The van der Waals surface area contributed by atoms with E-state index < -0.39 is 10.0 Å². The highest BCUT2D eigenvalue weighted by atomic mass is 32.2. The summed E-state index contributed by atoms with van der Waals surface area (Å²) in [4.78, 5) is 12.1. The van der Waals surface area contributed by atoms with E-state index in [4.69, 9.17) is 4.42 Å². The van der Waals surface area contributed by atoms with Gasteiger partial charge in [0.05, 0.1) is 18.4 Å². The molecule has 6 nitrogen and oxygen atoms in total. The molecular formula is C14H22N2O4S. The number of furan rings is 1. The summed E-state index contributed by atoms with van der Waals surface area (Å²) in [6.07, 6.45) is 5.90. The van der Waals surface area contributed by atoms with Crippen molar-refractivity contribution < 1.29 is 17.6 Å². The summed E-state index contributed by atoms with van der Waals surface area (Å²) in [6, 6.07) is 3.75. The Morgan fingerprint density at radius 2 is 2.33 bits per heavy atom. The van der Waals surface area contributed by atoms with Crippen molar-refractivity contribution in [3.63, 3.8) is 0 Å². The van der Waals surface area contributed by atoms with Gasteiger partial charge in [-0.3, -0.25) is 4.79 Å². The third kappa shape index (κ3) is 4.86. The van der Waals surface area contributed by atoms with Crippen molar-refractivity contribution in [1.29, 1.82) is 0 Å². The van der Waals surface area contributed by atoms with Crippen LogP contribution in [0.2, 0.25) is 0 Å². The molecule has 1 amide bonds. The summed E-state index contributed by atoms with van der Waals surface area (Å²) in [6.45, 7) is 1.39. The maximum atomic E-state index is 12.1. The molecule has 1 aliphatic rings. The fraction of sp³-hybridized carbons (Fsp3) is 0.643. The summed E-state index contributed by atoms with van der Waals surface area (Å²) in [5.41, 5.74) is 0. The highest BCUT2D eigenvalue weighted by Crippen LogP contribution is 2.18. The molecule has 0 spiro atoms. The molecule has 1 atom stereocenters. The van der Waals surface area contributed by atoms with Crippen molar-refractivity contribution in [2.24, 2.45) is 5.92 Å². The molecule has 0 aromatic carbocycles. The van der Waals surface area contributed by atoms with Crippen LogP contribution in [0, 0.1) is 5.92 Å². The summed E-state index contributed by atoms with van der Waals surface area (Å²) >= 11 is 0. The smallest absolute Gasteiger partial charge is 0.224 e. The van der Waals surface area contributed by atoms with Gasteiger partial charge in [-0.15, -0.1) is 0 Å². The molecule has 1 aromatic heterocycles. The Hall–Kier alpha value is -1.34. The molecule has 0 unspecified atom stereocenters. The lowest BCUT2D eigenvalue weighted by atomic mass is 9.99. The summed E-state index contributed by atoms with van der Waals surface area (Å²) in [7, 11) is -3.21. The van der Waals surface area contributed by atoms with E-state index in [1.807, 2.05) is 12.1 Å². The van der Waals surface area contributed by atoms with Crippen LogP contribution in [0.1, 0.15) is 25.0 Å². The zero-order valence-electron chi connectivity index (χ0n) is 12.2. The van der Waals surface area contributed by atoms with Gasteiger partial charge in [0, 0.05) is 26.1 Å². The minimum atomic E-state index is -3.21. The molecule has 1 aliphatic heterocycles. The number of hydrogen-bond acceptors (Lipinski definition) is 4. The quantitative estimate of drug-likeness (QED) is 0.795. The molecule has 2 heterocycles. The molecule has 1 N–H and O–H groups in total. The van der Waals surface area contributed by atoms with Gasteiger partial charge in [0.25, 0.3) is 0 Å². The van der Waals surface area contributed by atoms with Crippen molar-refractivity contribution in [1.82, 2.24) is 9.62 Å². The predicted molar refractivity (Wildman–Crippen MR) is 79.2 cm³/mol. The van der Waals surface area contributed by atoms with Crippen molar-refractivity contribution in [2.45, 2.75) is 25.7 Å². The Labute approximate surface area is 125 Å². The predicted octanol–water partition coefficient (Wildman–Crippen LogP) is 1.00. The summed E-state index contributed by atoms with van der Waals surface area (Å²) in [5.74, 6) is 0.616.